The maximum absolute atomic E-state index is 13.0. The Morgan fingerprint density at radius 2 is 1.96 bits per heavy atom. The third-order valence-electron chi connectivity index (χ3n) is 4.07. The summed E-state index contributed by atoms with van der Waals surface area (Å²) in [5, 5.41) is 3.19. The molecule has 0 atom stereocenters. The summed E-state index contributed by atoms with van der Waals surface area (Å²) in [6, 6.07) is 5.06. The van der Waals surface area contributed by atoms with Crippen molar-refractivity contribution in [3.8, 4) is 0 Å². The van der Waals surface area contributed by atoms with Gasteiger partial charge in [0.15, 0.2) is 10.8 Å². The fraction of sp³-hybridized carbons (Fsp3) is 0.375. The maximum Gasteiger partial charge on any atom is 0.416 e. The quantitative estimate of drug-likeness (QED) is 0.795. The summed E-state index contributed by atoms with van der Waals surface area (Å²) in [6.45, 7) is 0.822. The number of nitrogens with two attached hydrogens (primary N) is 1. The van der Waals surface area contributed by atoms with E-state index in [9.17, 15) is 22.2 Å². The van der Waals surface area contributed by atoms with E-state index in [0.717, 1.165) is 17.4 Å². The minimum absolute atomic E-state index is 0.00816. The normalized spacial score (nSPS) is 15.7. The molecule has 1 fully saturated rings. The molecule has 1 aliphatic heterocycles. The number of hydrogen-bond acceptors (Lipinski definition) is 6. The predicted octanol–water partition coefficient (Wildman–Crippen LogP) is 2.24. The predicted molar refractivity (Wildman–Crippen MR) is 99.2 cm³/mol. The third-order valence-corrected chi connectivity index (χ3v) is 6.29. The Bertz CT molecular complexity index is 860. The lowest BCUT2D eigenvalue weighted by molar-refractivity contribution is -0.138. The van der Waals surface area contributed by atoms with E-state index in [1.165, 1.54) is 18.2 Å². The second kappa shape index (κ2) is 7.85. The van der Waals surface area contributed by atoms with Crippen molar-refractivity contribution in [2.45, 2.75) is 12.7 Å². The van der Waals surface area contributed by atoms with E-state index in [0.29, 0.717) is 29.7 Å². The van der Waals surface area contributed by atoms with Gasteiger partial charge in [-0.2, -0.15) is 13.2 Å². The first-order chi connectivity index (χ1) is 12.8. The van der Waals surface area contributed by atoms with Crippen molar-refractivity contribution >= 4 is 38.2 Å². The highest BCUT2D eigenvalue weighted by Gasteiger charge is 2.33. The topological polar surface area (TPSA) is 88.3 Å². The molecule has 3 rings (SSSR count). The number of thiazole rings is 1. The summed E-state index contributed by atoms with van der Waals surface area (Å²) in [7, 11) is -0.843. The van der Waals surface area contributed by atoms with Crippen LogP contribution >= 0.6 is 11.3 Å². The third kappa shape index (κ3) is 4.59. The minimum Gasteiger partial charge on any atom is -0.389 e. The monoisotopic (exact) mass is 418 g/mol. The summed E-state index contributed by atoms with van der Waals surface area (Å²) >= 11 is 1.13. The average molecular weight is 418 g/mol. The van der Waals surface area contributed by atoms with Gasteiger partial charge in [-0.15, -0.1) is 0 Å². The molecule has 0 unspecified atom stereocenters. The average Bonchev–Trinajstić information content (AvgIpc) is 3.01. The Morgan fingerprint density at radius 1 is 1.30 bits per heavy atom. The number of alkyl halides is 3. The molecule has 11 heteroatoms. The standard InChI is InChI=1S/C16H17F3N4O2S2/c17-16(18,19)11-4-2-1-3-10(11)9-21-14(24)12-13(20)26-15(22-12)23-5-7-27(25)8-6-23/h1-4H,5-9,20H2,(H,21,24). The second-order valence-electron chi connectivity index (χ2n) is 5.88. The van der Waals surface area contributed by atoms with Gasteiger partial charge in [-0.05, 0) is 11.6 Å². The summed E-state index contributed by atoms with van der Waals surface area (Å²) in [5.74, 6) is 0.414. The van der Waals surface area contributed by atoms with Crippen LogP contribution in [0, 0.1) is 0 Å². The van der Waals surface area contributed by atoms with Crippen molar-refractivity contribution in [3.05, 3.63) is 41.1 Å². The Labute approximate surface area is 160 Å². The van der Waals surface area contributed by atoms with Gasteiger partial charge in [0.2, 0.25) is 0 Å². The molecule has 1 amide bonds. The Balaban J connectivity index is 1.70. The fourth-order valence-corrected chi connectivity index (χ4v) is 4.59. The van der Waals surface area contributed by atoms with Crippen LogP contribution in [0.25, 0.3) is 0 Å². The van der Waals surface area contributed by atoms with E-state index in [4.69, 9.17) is 5.73 Å². The molecule has 1 aliphatic rings. The van der Waals surface area contributed by atoms with E-state index in [1.54, 1.807) is 0 Å². The minimum atomic E-state index is -4.50. The molecule has 0 bridgehead atoms. The van der Waals surface area contributed by atoms with Crippen molar-refractivity contribution in [1.29, 1.82) is 0 Å². The summed E-state index contributed by atoms with van der Waals surface area (Å²) in [4.78, 5) is 18.5. The molecule has 6 nitrogen and oxygen atoms in total. The van der Waals surface area contributed by atoms with E-state index in [1.807, 2.05) is 4.90 Å². The molecule has 1 aromatic carbocycles. The van der Waals surface area contributed by atoms with Gasteiger partial charge < -0.3 is 16.0 Å². The van der Waals surface area contributed by atoms with Gasteiger partial charge in [-0.25, -0.2) is 4.98 Å². The van der Waals surface area contributed by atoms with Crippen LogP contribution in [0.15, 0.2) is 24.3 Å². The highest BCUT2D eigenvalue weighted by molar-refractivity contribution is 7.85. The van der Waals surface area contributed by atoms with E-state index in [-0.39, 0.29) is 22.8 Å². The molecule has 2 heterocycles. The number of amides is 1. The van der Waals surface area contributed by atoms with Gasteiger partial charge in [-0.3, -0.25) is 9.00 Å². The fourth-order valence-electron chi connectivity index (χ4n) is 2.66. The van der Waals surface area contributed by atoms with Crippen LogP contribution < -0.4 is 16.0 Å². The van der Waals surface area contributed by atoms with Crippen LogP contribution in [-0.2, 0) is 23.5 Å². The zero-order valence-electron chi connectivity index (χ0n) is 14.1. The number of carbonyl (C=O) groups is 1. The molecule has 2 aromatic rings. The Morgan fingerprint density at radius 3 is 2.63 bits per heavy atom. The largest absolute Gasteiger partial charge is 0.416 e. The molecular formula is C16H17F3N4O2S2. The number of rotatable bonds is 4. The van der Waals surface area contributed by atoms with Gasteiger partial charge in [0, 0.05) is 41.9 Å². The highest BCUT2D eigenvalue weighted by atomic mass is 32.2. The van der Waals surface area contributed by atoms with Crippen LogP contribution in [0.5, 0.6) is 0 Å². The SMILES string of the molecule is Nc1sc(N2CCS(=O)CC2)nc1C(=O)NCc1ccccc1C(F)(F)F. The molecular weight excluding hydrogens is 401 g/mol. The van der Waals surface area contributed by atoms with Crippen LogP contribution in [0.2, 0.25) is 0 Å². The first-order valence-electron chi connectivity index (χ1n) is 8.05. The molecule has 3 N–H and O–H groups in total. The molecule has 0 aliphatic carbocycles. The molecule has 0 saturated carbocycles. The number of nitrogens with zero attached hydrogens (tertiary/aromatic N) is 2. The number of anilines is 2. The lowest BCUT2D eigenvalue weighted by atomic mass is 10.1. The molecule has 27 heavy (non-hydrogen) atoms. The number of nitrogens with one attached hydrogen (secondary N) is 1. The van der Waals surface area contributed by atoms with Crippen LogP contribution in [0.4, 0.5) is 23.3 Å². The van der Waals surface area contributed by atoms with Gasteiger partial charge in [0.25, 0.3) is 5.91 Å². The second-order valence-corrected chi connectivity index (χ2v) is 8.59. The molecule has 0 spiro atoms. The van der Waals surface area contributed by atoms with Gasteiger partial charge in [0.05, 0.1) is 5.56 Å². The van der Waals surface area contributed by atoms with Crippen molar-refractivity contribution in [2.75, 3.05) is 35.2 Å². The van der Waals surface area contributed by atoms with Gasteiger partial charge in [0.1, 0.15) is 5.00 Å². The van der Waals surface area contributed by atoms with Gasteiger partial charge >= 0.3 is 6.18 Å². The first kappa shape index (κ1) is 19.6. The van der Waals surface area contributed by atoms with Crippen molar-refractivity contribution in [1.82, 2.24) is 10.3 Å². The Hall–Kier alpha value is -2.14. The van der Waals surface area contributed by atoms with Crippen molar-refractivity contribution in [2.24, 2.45) is 0 Å². The van der Waals surface area contributed by atoms with Crippen LogP contribution in [-0.4, -0.2) is 39.7 Å². The van der Waals surface area contributed by atoms with E-state index in [2.05, 4.69) is 10.3 Å². The number of aromatic nitrogens is 1. The Kier molecular flexibility index (Phi) is 5.70. The molecule has 1 saturated heterocycles. The van der Waals surface area contributed by atoms with Crippen LogP contribution in [0.1, 0.15) is 21.6 Å². The molecule has 0 radical (unpaired) electrons. The number of halogens is 3. The zero-order valence-corrected chi connectivity index (χ0v) is 15.7. The molecule has 1 aromatic heterocycles. The number of carbonyl (C=O) groups excluding carboxylic acids is 1. The summed E-state index contributed by atoms with van der Waals surface area (Å²) in [5.41, 5.74) is 5.04. The summed E-state index contributed by atoms with van der Waals surface area (Å²) in [6.07, 6.45) is -4.50. The number of benzene rings is 1. The lowest BCUT2D eigenvalue weighted by Crippen LogP contribution is -2.37. The summed E-state index contributed by atoms with van der Waals surface area (Å²) < 4.78 is 50.5. The van der Waals surface area contributed by atoms with Gasteiger partial charge in [-0.1, -0.05) is 29.5 Å². The number of hydrogen-bond donors (Lipinski definition) is 2. The van der Waals surface area contributed by atoms with E-state index >= 15 is 0 Å². The smallest absolute Gasteiger partial charge is 0.389 e. The number of nitrogen functional groups attached to an aromatic ring is 1. The highest BCUT2D eigenvalue weighted by Crippen LogP contribution is 2.32. The zero-order chi connectivity index (χ0) is 19.6. The maximum atomic E-state index is 13.0. The van der Waals surface area contributed by atoms with Crippen molar-refractivity contribution in [3.63, 3.8) is 0 Å². The molecule has 146 valence electrons. The van der Waals surface area contributed by atoms with Crippen LogP contribution in [0.3, 0.4) is 0 Å². The first-order valence-corrected chi connectivity index (χ1v) is 10.4. The van der Waals surface area contributed by atoms with E-state index < -0.39 is 28.4 Å². The lowest BCUT2D eigenvalue weighted by Gasteiger charge is -2.25. The van der Waals surface area contributed by atoms with Crippen molar-refractivity contribution < 1.29 is 22.2 Å².